The Morgan fingerprint density at radius 3 is 3.07 bits per heavy atom. The van der Waals surface area contributed by atoms with Crippen LogP contribution < -0.4 is 5.32 Å². The van der Waals surface area contributed by atoms with Gasteiger partial charge < -0.3 is 5.32 Å². The molecule has 4 nitrogen and oxygen atoms in total. The third-order valence-electron chi connectivity index (χ3n) is 3.11. The number of nitrogens with zero attached hydrogens (tertiary/aromatic N) is 2. The van der Waals surface area contributed by atoms with Crippen LogP contribution in [0, 0.1) is 0 Å². The van der Waals surface area contributed by atoms with Gasteiger partial charge in [0, 0.05) is 26.1 Å². The third kappa shape index (κ3) is 1.77. The van der Waals surface area contributed by atoms with Crippen molar-refractivity contribution >= 4 is 5.91 Å². The van der Waals surface area contributed by atoms with Crippen LogP contribution in [0.4, 0.5) is 0 Å². The molecule has 2 heterocycles. The van der Waals surface area contributed by atoms with E-state index in [-0.39, 0.29) is 0 Å². The summed E-state index contributed by atoms with van der Waals surface area (Å²) in [6, 6.07) is 0.405. The van der Waals surface area contributed by atoms with Gasteiger partial charge in [0.15, 0.2) is 0 Å². The predicted molar refractivity (Wildman–Crippen MR) is 54.6 cm³/mol. The second-order valence-electron chi connectivity index (χ2n) is 4.03. The van der Waals surface area contributed by atoms with E-state index in [2.05, 4.69) is 17.2 Å². The van der Waals surface area contributed by atoms with Gasteiger partial charge in [-0.15, -0.1) is 0 Å². The van der Waals surface area contributed by atoms with E-state index in [1.165, 1.54) is 0 Å². The molecule has 0 aromatic rings. The molecule has 2 aliphatic rings. The molecule has 14 heavy (non-hydrogen) atoms. The molecule has 1 atom stereocenters. The van der Waals surface area contributed by atoms with E-state index in [0.717, 1.165) is 45.4 Å². The number of carbonyl (C=O) groups excluding carboxylic acids is 1. The summed E-state index contributed by atoms with van der Waals surface area (Å²) >= 11 is 0. The normalized spacial score (nSPS) is 29.9. The Bertz CT molecular complexity index is 211. The average molecular weight is 197 g/mol. The molecule has 2 fully saturated rings. The summed E-state index contributed by atoms with van der Waals surface area (Å²) < 4.78 is 0. The molecule has 1 unspecified atom stereocenters. The van der Waals surface area contributed by atoms with E-state index >= 15 is 0 Å². The highest BCUT2D eigenvalue weighted by atomic mass is 16.2. The van der Waals surface area contributed by atoms with Gasteiger partial charge in [0.2, 0.25) is 5.91 Å². The first-order chi connectivity index (χ1) is 6.83. The minimum absolute atomic E-state index is 0.312. The van der Waals surface area contributed by atoms with Crippen LogP contribution in [0.2, 0.25) is 0 Å². The van der Waals surface area contributed by atoms with Gasteiger partial charge in [0.05, 0.1) is 6.04 Å². The van der Waals surface area contributed by atoms with E-state index in [1.807, 2.05) is 5.01 Å². The van der Waals surface area contributed by atoms with E-state index in [1.54, 1.807) is 0 Å². The second kappa shape index (κ2) is 4.28. The van der Waals surface area contributed by atoms with E-state index in [9.17, 15) is 4.79 Å². The number of rotatable bonds is 2. The first kappa shape index (κ1) is 9.93. The lowest BCUT2D eigenvalue weighted by Crippen LogP contribution is -2.55. The monoisotopic (exact) mass is 197 g/mol. The van der Waals surface area contributed by atoms with Crippen molar-refractivity contribution in [3.8, 4) is 0 Å². The Hall–Kier alpha value is -0.610. The number of amides is 1. The SMILES string of the molecule is CCN1CCCC(=O)N1C1CCNC1. The molecule has 1 N–H and O–H groups in total. The van der Waals surface area contributed by atoms with Gasteiger partial charge in [-0.05, 0) is 19.4 Å². The highest BCUT2D eigenvalue weighted by Gasteiger charge is 2.32. The van der Waals surface area contributed by atoms with Crippen molar-refractivity contribution < 1.29 is 4.79 Å². The minimum Gasteiger partial charge on any atom is -0.315 e. The zero-order chi connectivity index (χ0) is 9.97. The molecule has 2 aliphatic heterocycles. The van der Waals surface area contributed by atoms with Crippen LogP contribution in [0.25, 0.3) is 0 Å². The first-order valence-electron chi connectivity index (χ1n) is 5.60. The molecule has 4 heteroatoms. The lowest BCUT2D eigenvalue weighted by atomic mass is 10.1. The molecule has 80 valence electrons. The fraction of sp³-hybridized carbons (Fsp3) is 0.900. The third-order valence-corrected chi connectivity index (χ3v) is 3.11. The largest absolute Gasteiger partial charge is 0.315 e. The zero-order valence-corrected chi connectivity index (χ0v) is 8.83. The van der Waals surface area contributed by atoms with Crippen LogP contribution in [-0.2, 0) is 4.79 Å². The number of hydrogen-bond acceptors (Lipinski definition) is 3. The van der Waals surface area contributed by atoms with Crippen molar-refractivity contribution in [3.05, 3.63) is 0 Å². The van der Waals surface area contributed by atoms with Gasteiger partial charge in [-0.1, -0.05) is 6.92 Å². The maximum atomic E-state index is 11.8. The second-order valence-corrected chi connectivity index (χ2v) is 4.03. The number of hydrogen-bond donors (Lipinski definition) is 1. The van der Waals surface area contributed by atoms with Gasteiger partial charge in [-0.3, -0.25) is 9.80 Å². The number of carbonyl (C=O) groups is 1. The maximum Gasteiger partial charge on any atom is 0.237 e. The topological polar surface area (TPSA) is 35.6 Å². The van der Waals surface area contributed by atoms with Gasteiger partial charge in [0.25, 0.3) is 0 Å². The van der Waals surface area contributed by atoms with Gasteiger partial charge in [0.1, 0.15) is 0 Å². The summed E-state index contributed by atoms with van der Waals surface area (Å²) in [5.74, 6) is 0.312. The van der Waals surface area contributed by atoms with Crippen LogP contribution in [0.5, 0.6) is 0 Å². The molecule has 2 rings (SSSR count). The van der Waals surface area contributed by atoms with Crippen molar-refractivity contribution in [2.24, 2.45) is 0 Å². The molecular weight excluding hydrogens is 178 g/mol. The summed E-state index contributed by atoms with van der Waals surface area (Å²) in [7, 11) is 0. The Kier molecular flexibility index (Phi) is 3.03. The van der Waals surface area contributed by atoms with E-state index in [0.29, 0.717) is 11.9 Å². The van der Waals surface area contributed by atoms with Crippen molar-refractivity contribution in [3.63, 3.8) is 0 Å². The summed E-state index contributed by atoms with van der Waals surface area (Å²) in [6.07, 6.45) is 2.85. The molecule has 0 spiro atoms. The molecule has 0 aromatic carbocycles. The Morgan fingerprint density at radius 2 is 2.43 bits per heavy atom. The Balaban J connectivity index is 2.06. The van der Waals surface area contributed by atoms with Crippen molar-refractivity contribution in [1.82, 2.24) is 15.3 Å². The summed E-state index contributed by atoms with van der Waals surface area (Å²) in [6.45, 7) is 6.11. The van der Waals surface area contributed by atoms with Crippen LogP contribution in [0.1, 0.15) is 26.2 Å². The molecule has 2 saturated heterocycles. The molecule has 0 aliphatic carbocycles. The van der Waals surface area contributed by atoms with Crippen LogP contribution in [0.15, 0.2) is 0 Å². The molecule has 1 amide bonds. The Morgan fingerprint density at radius 1 is 1.57 bits per heavy atom. The van der Waals surface area contributed by atoms with Gasteiger partial charge in [-0.25, -0.2) is 5.01 Å². The lowest BCUT2D eigenvalue weighted by Gasteiger charge is -2.41. The van der Waals surface area contributed by atoms with Crippen molar-refractivity contribution in [2.75, 3.05) is 26.2 Å². The standard InChI is InChI=1S/C10H19N3O/c1-2-12-7-3-4-10(14)13(12)9-5-6-11-8-9/h9,11H,2-8H2,1H3. The summed E-state index contributed by atoms with van der Waals surface area (Å²) in [5, 5.41) is 7.52. The van der Waals surface area contributed by atoms with Crippen LogP contribution in [0.3, 0.4) is 0 Å². The minimum atomic E-state index is 0.312. The lowest BCUT2D eigenvalue weighted by molar-refractivity contribution is -0.160. The highest BCUT2D eigenvalue weighted by molar-refractivity contribution is 5.76. The quantitative estimate of drug-likeness (QED) is 0.687. The maximum absolute atomic E-state index is 11.8. The fourth-order valence-electron chi connectivity index (χ4n) is 2.39. The highest BCUT2D eigenvalue weighted by Crippen LogP contribution is 2.18. The Labute approximate surface area is 85.2 Å². The molecule has 0 saturated carbocycles. The van der Waals surface area contributed by atoms with E-state index < -0.39 is 0 Å². The fourth-order valence-corrected chi connectivity index (χ4v) is 2.39. The smallest absolute Gasteiger partial charge is 0.237 e. The predicted octanol–water partition coefficient (Wildman–Crippen LogP) is 0.208. The van der Waals surface area contributed by atoms with Gasteiger partial charge >= 0.3 is 0 Å². The zero-order valence-electron chi connectivity index (χ0n) is 8.83. The summed E-state index contributed by atoms with van der Waals surface area (Å²) in [4.78, 5) is 11.8. The number of hydrazine groups is 1. The van der Waals surface area contributed by atoms with Crippen molar-refractivity contribution in [2.45, 2.75) is 32.2 Å². The molecule has 0 bridgehead atoms. The van der Waals surface area contributed by atoms with Crippen LogP contribution >= 0.6 is 0 Å². The average Bonchev–Trinajstić information content (AvgIpc) is 2.70. The molecule has 0 radical (unpaired) electrons. The number of nitrogens with one attached hydrogen (secondary N) is 1. The van der Waals surface area contributed by atoms with Crippen LogP contribution in [-0.4, -0.2) is 48.1 Å². The summed E-state index contributed by atoms with van der Waals surface area (Å²) in [5.41, 5.74) is 0. The van der Waals surface area contributed by atoms with Gasteiger partial charge in [-0.2, -0.15) is 0 Å². The van der Waals surface area contributed by atoms with E-state index in [4.69, 9.17) is 0 Å². The molecule has 0 aromatic heterocycles. The molecular formula is C10H19N3O. The first-order valence-corrected chi connectivity index (χ1v) is 5.60. The van der Waals surface area contributed by atoms with Crippen molar-refractivity contribution in [1.29, 1.82) is 0 Å².